The second-order valence-corrected chi connectivity index (χ2v) is 6.59. The van der Waals surface area contributed by atoms with Gasteiger partial charge in [0.2, 0.25) is 5.91 Å². The number of nitrogens with zero attached hydrogens (tertiary/aromatic N) is 2. The number of fused-ring (bicyclic) bond motifs is 2. The number of imidazole rings is 1. The largest absolute Gasteiger partial charge is 0.325 e. The molecule has 0 fully saturated rings. The first kappa shape index (κ1) is 17.7. The minimum Gasteiger partial charge on any atom is -0.325 e. The zero-order valence-electron chi connectivity index (χ0n) is 15.1. The van der Waals surface area contributed by atoms with E-state index in [2.05, 4.69) is 25.3 Å². The van der Waals surface area contributed by atoms with Crippen LogP contribution in [0.2, 0.25) is 0 Å². The fourth-order valence-corrected chi connectivity index (χ4v) is 3.08. The molecule has 0 aliphatic heterocycles. The van der Waals surface area contributed by atoms with E-state index in [-0.39, 0.29) is 23.7 Å². The molecule has 9 nitrogen and oxygen atoms in total. The number of aromatic amines is 3. The van der Waals surface area contributed by atoms with Gasteiger partial charge in [-0.15, -0.1) is 0 Å². The van der Waals surface area contributed by atoms with Gasteiger partial charge in [0.1, 0.15) is 5.82 Å². The van der Waals surface area contributed by atoms with E-state index in [4.69, 9.17) is 0 Å². The first-order valence-corrected chi connectivity index (χ1v) is 8.66. The van der Waals surface area contributed by atoms with Crippen LogP contribution < -0.4 is 16.6 Å². The maximum absolute atomic E-state index is 12.3. The number of carbonyl (C=O) groups excluding carboxylic acids is 1. The number of hydrogen-bond donors (Lipinski definition) is 4. The van der Waals surface area contributed by atoms with Crippen molar-refractivity contribution in [1.82, 2.24) is 24.8 Å². The van der Waals surface area contributed by atoms with Gasteiger partial charge in [-0.3, -0.25) is 14.5 Å². The topological polar surface area (TPSA) is 127 Å². The third kappa shape index (κ3) is 3.69. The number of H-pyrrole nitrogens is 3. The van der Waals surface area contributed by atoms with Gasteiger partial charge in [-0.05, 0) is 37.4 Å². The van der Waals surface area contributed by atoms with Crippen LogP contribution in [0, 0.1) is 0 Å². The molecule has 0 atom stereocenters. The van der Waals surface area contributed by atoms with E-state index in [1.54, 1.807) is 48.3 Å². The van der Waals surface area contributed by atoms with Crippen molar-refractivity contribution in [3.63, 3.8) is 0 Å². The standard InChI is InChI=1S/C19H18N6O3/c1-25(9-16-21-13-5-3-2-4-12(13)18(27)24-16)10-17(26)20-11-6-7-14-15(8-11)23-19(28)22-14/h2-8H,9-10H2,1H3,(H,20,26)(H,21,24,27)(H2,22,23,28). The summed E-state index contributed by atoms with van der Waals surface area (Å²) in [6.45, 7) is 0.426. The molecule has 0 bridgehead atoms. The second kappa shape index (κ2) is 7.12. The number of aromatic nitrogens is 4. The van der Waals surface area contributed by atoms with Gasteiger partial charge < -0.3 is 20.3 Å². The lowest BCUT2D eigenvalue weighted by Gasteiger charge is -2.16. The number of carbonyl (C=O) groups is 1. The predicted octanol–water partition coefficient (Wildman–Crippen LogP) is 1.16. The fraction of sp³-hybridized carbons (Fsp3) is 0.158. The summed E-state index contributed by atoms with van der Waals surface area (Å²) in [6.07, 6.45) is 0. The Bertz CT molecular complexity index is 1290. The van der Waals surface area contributed by atoms with E-state index >= 15 is 0 Å². The zero-order valence-corrected chi connectivity index (χ0v) is 15.1. The van der Waals surface area contributed by atoms with Crippen LogP contribution in [0.1, 0.15) is 5.82 Å². The zero-order chi connectivity index (χ0) is 19.7. The summed E-state index contributed by atoms with van der Waals surface area (Å²) >= 11 is 0. The van der Waals surface area contributed by atoms with Crippen LogP contribution in [-0.4, -0.2) is 44.3 Å². The van der Waals surface area contributed by atoms with Crippen molar-refractivity contribution in [3.8, 4) is 0 Å². The summed E-state index contributed by atoms with van der Waals surface area (Å²) in [5, 5.41) is 3.32. The number of anilines is 1. The Kier molecular flexibility index (Phi) is 4.50. The van der Waals surface area contributed by atoms with Gasteiger partial charge >= 0.3 is 5.69 Å². The number of amides is 1. The van der Waals surface area contributed by atoms with E-state index in [1.807, 2.05) is 6.07 Å². The molecule has 9 heteroatoms. The van der Waals surface area contributed by atoms with E-state index < -0.39 is 0 Å². The lowest BCUT2D eigenvalue weighted by molar-refractivity contribution is -0.117. The molecule has 0 saturated carbocycles. The number of hydrogen-bond acceptors (Lipinski definition) is 5. The summed E-state index contributed by atoms with van der Waals surface area (Å²) < 4.78 is 0. The van der Waals surface area contributed by atoms with Gasteiger partial charge in [0.15, 0.2) is 0 Å². The number of nitrogens with one attached hydrogen (secondary N) is 4. The summed E-state index contributed by atoms with van der Waals surface area (Å²) in [5.41, 5.74) is 1.99. The number of likely N-dealkylation sites (N-methyl/N-ethyl adjacent to an activating group) is 1. The van der Waals surface area contributed by atoms with E-state index in [0.29, 0.717) is 40.0 Å². The molecule has 2 heterocycles. The van der Waals surface area contributed by atoms with Crippen molar-refractivity contribution >= 4 is 33.5 Å². The molecule has 28 heavy (non-hydrogen) atoms. The van der Waals surface area contributed by atoms with Crippen molar-refractivity contribution in [2.45, 2.75) is 6.54 Å². The SMILES string of the molecule is CN(CC(=O)Nc1ccc2[nH]c(=O)[nH]c2c1)Cc1nc2ccccc2c(=O)[nH]1. The smallest absolute Gasteiger partial charge is 0.323 e. The highest BCUT2D eigenvalue weighted by Crippen LogP contribution is 2.14. The van der Waals surface area contributed by atoms with Crippen LogP contribution in [0.15, 0.2) is 52.1 Å². The third-order valence-electron chi connectivity index (χ3n) is 4.29. The molecular formula is C19H18N6O3. The molecule has 0 spiro atoms. The van der Waals surface area contributed by atoms with Gasteiger partial charge in [-0.1, -0.05) is 12.1 Å². The van der Waals surface area contributed by atoms with Crippen molar-refractivity contribution < 1.29 is 4.79 Å². The Labute approximate surface area is 158 Å². The highest BCUT2D eigenvalue weighted by molar-refractivity contribution is 5.94. The third-order valence-corrected chi connectivity index (χ3v) is 4.29. The van der Waals surface area contributed by atoms with Gasteiger partial charge in [-0.2, -0.15) is 0 Å². The van der Waals surface area contributed by atoms with Crippen LogP contribution in [0.5, 0.6) is 0 Å². The van der Waals surface area contributed by atoms with Crippen molar-refractivity contribution in [1.29, 1.82) is 0 Å². The highest BCUT2D eigenvalue weighted by atomic mass is 16.2. The number of rotatable bonds is 5. The molecule has 1 amide bonds. The fourth-order valence-electron chi connectivity index (χ4n) is 3.08. The Morgan fingerprint density at radius 1 is 1.07 bits per heavy atom. The first-order valence-electron chi connectivity index (χ1n) is 8.66. The average Bonchev–Trinajstić information content (AvgIpc) is 3.00. The molecule has 4 N–H and O–H groups in total. The van der Waals surface area contributed by atoms with Crippen molar-refractivity contribution in [2.24, 2.45) is 0 Å². The van der Waals surface area contributed by atoms with Gasteiger partial charge in [-0.25, -0.2) is 9.78 Å². The molecule has 142 valence electrons. The van der Waals surface area contributed by atoms with Crippen LogP contribution in [0.4, 0.5) is 5.69 Å². The minimum atomic E-state index is -0.296. The quantitative estimate of drug-likeness (QED) is 0.415. The lowest BCUT2D eigenvalue weighted by atomic mass is 10.2. The van der Waals surface area contributed by atoms with Crippen LogP contribution >= 0.6 is 0 Å². The molecule has 4 rings (SSSR count). The predicted molar refractivity (Wildman–Crippen MR) is 106 cm³/mol. The Morgan fingerprint density at radius 3 is 2.71 bits per heavy atom. The molecule has 0 radical (unpaired) electrons. The van der Waals surface area contributed by atoms with Gasteiger partial charge in [0.25, 0.3) is 5.56 Å². The summed E-state index contributed by atoms with van der Waals surface area (Å²) in [4.78, 5) is 50.0. The second-order valence-electron chi connectivity index (χ2n) is 6.59. The lowest BCUT2D eigenvalue weighted by Crippen LogP contribution is -2.31. The van der Waals surface area contributed by atoms with Crippen LogP contribution in [0.25, 0.3) is 21.9 Å². The Balaban J connectivity index is 1.42. The van der Waals surface area contributed by atoms with Crippen LogP contribution in [-0.2, 0) is 11.3 Å². The molecule has 0 unspecified atom stereocenters. The summed E-state index contributed by atoms with van der Waals surface area (Å²) in [7, 11) is 1.77. The van der Waals surface area contributed by atoms with Crippen molar-refractivity contribution in [2.75, 3.05) is 18.9 Å². The Morgan fingerprint density at radius 2 is 1.86 bits per heavy atom. The van der Waals surface area contributed by atoms with Gasteiger partial charge in [0.05, 0.1) is 35.0 Å². The number of benzene rings is 2. The minimum absolute atomic E-state index is 0.109. The summed E-state index contributed by atoms with van der Waals surface area (Å²) in [5.74, 6) is 0.271. The maximum atomic E-state index is 12.3. The molecule has 0 aliphatic carbocycles. The molecular weight excluding hydrogens is 360 g/mol. The molecule has 0 saturated heterocycles. The van der Waals surface area contributed by atoms with Crippen molar-refractivity contribution in [3.05, 3.63) is 69.1 Å². The van der Waals surface area contributed by atoms with E-state index in [0.717, 1.165) is 0 Å². The molecule has 0 aliphatic rings. The van der Waals surface area contributed by atoms with E-state index in [9.17, 15) is 14.4 Å². The summed E-state index contributed by atoms with van der Waals surface area (Å²) in [6, 6.07) is 12.2. The monoisotopic (exact) mass is 378 g/mol. The average molecular weight is 378 g/mol. The van der Waals surface area contributed by atoms with E-state index in [1.165, 1.54) is 0 Å². The number of para-hydroxylation sites is 1. The normalized spacial score (nSPS) is 11.4. The molecule has 2 aromatic carbocycles. The van der Waals surface area contributed by atoms with Crippen LogP contribution in [0.3, 0.4) is 0 Å². The molecule has 2 aromatic heterocycles. The first-order chi connectivity index (χ1) is 13.5. The van der Waals surface area contributed by atoms with Gasteiger partial charge in [0, 0.05) is 5.69 Å². The highest BCUT2D eigenvalue weighted by Gasteiger charge is 2.11. The Hall–Kier alpha value is -3.72. The molecule has 4 aromatic rings. The maximum Gasteiger partial charge on any atom is 0.323 e.